The second kappa shape index (κ2) is 5.44. The molecular formula is C13H18FN3O. The Balaban J connectivity index is 2.07. The van der Waals surface area contributed by atoms with Gasteiger partial charge in [-0.1, -0.05) is 6.92 Å². The van der Waals surface area contributed by atoms with Gasteiger partial charge in [0.25, 0.3) is 0 Å². The maximum atomic E-state index is 12.7. The van der Waals surface area contributed by atoms with Crippen LogP contribution in [0.25, 0.3) is 0 Å². The monoisotopic (exact) mass is 251 g/mol. The Morgan fingerprint density at radius 1 is 1.50 bits per heavy atom. The number of halogens is 1. The van der Waals surface area contributed by atoms with Crippen LogP contribution in [-0.2, 0) is 4.79 Å². The average molecular weight is 251 g/mol. The van der Waals surface area contributed by atoms with Crippen molar-refractivity contribution in [3.05, 3.63) is 24.3 Å². The molecular weight excluding hydrogens is 233 g/mol. The number of amides is 1. The Kier molecular flexibility index (Phi) is 3.91. The van der Waals surface area contributed by atoms with E-state index in [1.807, 2.05) is 6.92 Å². The Morgan fingerprint density at radius 2 is 2.22 bits per heavy atom. The number of piperidine rings is 1. The molecule has 0 aromatic carbocycles. The van der Waals surface area contributed by atoms with E-state index in [1.54, 1.807) is 0 Å². The van der Waals surface area contributed by atoms with Gasteiger partial charge >= 0.3 is 0 Å². The second-order valence-corrected chi connectivity index (χ2v) is 4.71. The lowest BCUT2D eigenvalue weighted by Crippen LogP contribution is -2.44. The van der Waals surface area contributed by atoms with Crippen LogP contribution in [0.1, 0.15) is 26.2 Å². The molecule has 1 aliphatic heterocycles. The third-order valence-electron chi connectivity index (χ3n) is 3.70. The summed E-state index contributed by atoms with van der Waals surface area (Å²) in [5, 5.41) is 6.09. The number of carbonyl (C=O) groups excluding carboxylic acids is 1. The molecule has 1 amide bonds. The van der Waals surface area contributed by atoms with Crippen molar-refractivity contribution in [3.8, 4) is 0 Å². The predicted octanol–water partition coefficient (Wildman–Crippen LogP) is 1.94. The number of nitrogens with zero attached hydrogens (tertiary/aromatic N) is 1. The topological polar surface area (TPSA) is 54.0 Å². The zero-order chi connectivity index (χ0) is 13.0. The zero-order valence-corrected chi connectivity index (χ0v) is 10.5. The summed E-state index contributed by atoms with van der Waals surface area (Å²) < 4.78 is 12.7. The Bertz CT molecular complexity index is 413. The molecule has 1 saturated heterocycles. The van der Waals surface area contributed by atoms with E-state index in [0.717, 1.165) is 32.4 Å². The third-order valence-corrected chi connectivity index (χ3v) is 3.70. The van der Waals surface area contributed by atoms with E-state index in [9.17, 15) is 9.18 Å². The van der Waals surface area contributed by atoms with Gasteiger partial charge in [0.1, 0.15) is 0 Å². The number of aromatic nitrogens is 1. The van der Waals surface area contributed by atoms with Crippen LogP contribution in [0.15, 0.2) is 18.3 Å². The van der Waals surface area contributed by atoms with Crippen molar-refractivity contribution in [3.63, 3.8) is 0 Å². The highest BCUT2D eigenvalue weighted by Crippen LogP contribution is 2.33. The Morgan fingerprint density at radius 3 is 2.78 bits per heavy atom. The van der Waals surface area contributed by atoms with Gasteiger partial charge in [-0.25, -0.2) is 4.98 Å². The Labute approximate surface area is 106 Å². The highest BCUT2D eigenvalue weighted by molar-refractivity contribution is 5.95. The van der Waals surface area contributed by atoms with Crippen molar-refractivity contribution in [1.82, 2.24) is 10.3 Å². The first-order valence-electron chi connectivity index (χ1n) is 6.30. The fourth-order valence-electron chi connectivity index (χ4n) is 2.36. The molecule has 0 atom stereocenters. The van der Waals surface area contributed by atoms with Crippen molar-refractivity contribution >= 4 is 11.6 Å². The van der Waals surface area contributed by atoms with E-state index >= 15 is 0 Å². The minimum atomic E-state index is -0.542. The number of hydrogen-bond acceptors (Lipinski definition) is 3. The summed E-state index contributed by atoms with van der Waals surface area (Å²) in [6.45, 7) is 3.76. The highest BCUT2D eigenvalue weighted by atomic mass is 19.1. The minimum Gasteiger partial charge on any atom is -0.324 e. The van der Waals surface area contributed by atoms with Crippen LogP contribution < -0.4 is 10.6 Å². The number of pyridine rings is 1. The maximum Gasteiger partial charge on any atom is 0.230 e. The van der Waals surface area contributed by atoms with E-state index in [-0.39, 0.29) is 11.3 Å². The Hall–Kier alpha value is -1.49. The largest absolute Gasteiger partial charge is 0.324 e. The molecule has 1 fully saturated rings. The third kappa shape index (κ3) is 2.67. The predicted molar refractivity (Wildman–Crippen MR) is 67.7 cm³/mol. The van der Waals surface area contributed by atoms with Gasteiger partial charge in [-0.05, 0) is 44.5 Å². The van der Waals surface area contributed by atoms with Crippen molar-refractivity contribution < 1.29 is 9.18 Å². The first kappa shape index (κ1) is 13.0. The van der Waals surface area contributed by atoms with Crippen LogP contribution in [0.2, 0.25) is 0 Å². The smallest absolute Gasteiger partial charge is 0.230 e. The lowest BCUT2D eigenvalue weighted by Gasteiger charge is -2.35. The molecule has 18 heavy (non-hydrogen) atoms. The molecule has 1 aromatic rings. The molecule has 0 spiro atoms. The van der Waals surface area contributed by atoms with Crippen LogP contribution >= 0.6 is 0 Å². The summed E-state index contributed by atoms with van der Waals surface area (Å²) in [4.78, 5) is 15.9. The van der Waals surface area contributed by atoms with Gasteiger partial charge in [-0.2, -0.15) is 4.39 Å². The summed E-state index contributed by atoms with van der Waals surface area (Å²) in [6, 6.07) is 2.78. The van der Waals surface area contributed by atoms with E-state index in [4.69, 9.17) is 0 Å². The molecule has 1 aromatic heterocycles. The normalized spacial score (nSPS) is 18.3. The molecule has 1 aliphatic rings. The van der Waals surface area contributed by atoms with Gasteiger partial charge in [0.15, 0.2) is 0 Å². The summed E-state index contributed by atoms with van der Waals surface area (Å²) in [6.07, 6.45) is 3.83. The molecule has 5 heteroatoms. The van der Waals surface area contributed by atoms with E-state index in [0.29, 0.717) is 5.69 Å². The molecule has 2 rings (SSSR count). The lowest BCUT2D eigenvalue weighted by atomic mass is 9.76. The standard InChI is InChI=1S/C13H18FN3O/c1-2-13(5-7-15-8-6-13)12(18)17-10-3-4-11(14)16-9-10/h3-4,9,15H,2,5-8H2,1H3,(H,17,18). The molecule has 0 radical (unpaired) electrons. The van der Waals surface area contributed by atoms with Gasteiger partial charge in [-0.3, -0.25) is 4.79 Å². The lowest BCUT2D eigenvalue weighted by molar-refractivity contribution is -0.127. The van der Waals surface area contributed by atoms with E-state index in [2.05, 4.69) is 15.6 Å². The summed E-state index contributed by atoms with van der Waals surface area (Å²) in [7, 11) is 0. The molecule has 0 unspecified atom stereocenters. The van der Waals surface area contributed by atoms with E-state index in [1.165, 1.54) is 18.3 Å². The maximum absolute atomic E-state index is 12.7. The summed E-state index contributed by atoms with van der Waals surface area (Å²) >= 11 is 0. The zero-order valence-electron chi connectivity index (χ0n) is 10.5. The van der Waals surface area contributed by atoms with Gasteiger partial charge in [-0.15, -0.1) is 0 Å². The van der Waals surface area contributed by atoms with E-state index < -0.39 is 5.95 Å². The summed E-state index contributed by atoms with van der Waals surface area (Å²) in [5.74, 6) is -0.528. The summed E-state index contributed by atoms with van der Waals surface area (Å²) in [5.41, 5.74) is 0.243. The SMILES string of the molecule is CCC1(C(=O)Nc2ccc(F)nc2)CCNCC1. The van der Waals surface area contributed by atoms with Crippen LogP contribution in [0.3, 0.4) is 0 Å². The first-order chi connectivity index (χ1) is 8.66. The van der Waals surface area contributed by atoms with Crippen molar-refractivity contribution in [2.24, 2.45) is 5.41 Å². The highest BCUT2D eigenvalue weighted by Gasteiger charge is 2.37. The number of nitrogens with one attached hydrogen (secondary N) is 2. The minimum absolute atomic E-state index is 0.0138. The first-order valence-corrected chi connectivity index (χ1v) is 6.30. The number of hydrogen-bond donors (Lipinski definition) is 2. The average Bonchev–Trinajstić information content (AvgIpc) is 2.42. The van der Waals surface area contributed by atoms with Crippen LogP contribution in [0, 0.1) is 11.4 Å². The molecule has 0 bridgehead atoms. The fraction of sp³-hybridized carbons (Fsp3) is 0.538. The van der Waals surface area contributed by atoms with Gasteiger partial charge in [0, 0.05) is 0 Å². The second-order valence-electron chi connectivity index (χ2n) is 4.71. The van der Waals surface area contributed by atoms with Gasteiger partial charge < -0.3 is 10.6 Å². The molecule has 4 nitrogen and oxygen atoms in total. The van der Waals surface area contributed by atoms with Gasteiger partial charge in [0.05, 0.1) is 17.3 Å². The molecule has 98 valence electrons. The number of rotatable bonds is 3. The molecule has 0 saturated carbocycles. The van der Waals surface area contributed by atoms with Crippen molar-refractivity contribution in [1.29, 1.82) is 0 Å². The van der Waals surface area contributed by atoms with Crippen molar-refractivity contribution in [2.75, 3.05) is 18.4 Å². The number of anilines is 1. The molecule has 2 N–H and O–H groups in total. The fourth-order valence-corrected chi connectivity index (χ4v) is 2.36. The van der Waals surface area contributed by atoms with Crippen molar-refractivity contribution in [2.45, 2.75) is 26.2 Å². The van der Waals surface area contributed by atoms with Crippen LogP contribution in [0.4, 0.5) is 10.1 Å². The quantitative estimate of drug-likeness (QED) is 0.807. The van der Waals surface area contributed by atoms with Gasteiger partial charge in [0.2, 0.25) is 11.9 Å². The molecule has 2 heterocycles. The van der Waals surface area contributed by atoms with Crippen LogP contribution in [-0.4, -0.2) is 24.0 Å². The molecule has 0 aliphatic carbocycles. The number of carbonyl (C=O) groups is 1. The van der Waals surface area contributed by atoms with Crippen LogP contribution in [0.5, 0.6) is 0 Å².